The van der Waals surface area contributed by atoms with Gasteiger partial charge in [-0.25, -0.2) is 0 Å². The molecule has 0 aromatic carbocycles. The smallest absolute Gasteiger partial charge is 0.374 e. The highest BCUT2D eigenvalue weighted by Gasteiger charge is 2.64. The third kappa shape index (κ3) is 1.22. The number of carbonyl (C=O) groups excluding carboxylic acids is 1. The van der Waals surface area contributed by atoms with Crippen LogP contribution >= 0.6 is 0 Å². The number of hydrogen-bond acceptors (Lipinski definition) is 2. The lowest BCUT2D eigenvalue weighted by atomic mass is 9.93. The lowest BCUT2D eigenvalue weighted by molar-refractivity contribution is -0.256. The van der Waals surface area contributed by atoms with E-state index in [0.717, 1.165) is 6.92 Å². The third-order valence-electron chi connectivity index (χ3n) is 2.14. The molecule has 1 atom stereocenters. The second-order valence-electron chi connectivity index (χ2n) is 3.09. The fourth-order valence-electron chi connectivity index (χ4n) is 1.22. The maximum Gasteiger partial charge on any atom is 0.424 e. The van der Waals surface area contributed by atoms with Crippen LogP contribution in [0.2, 0.25) is 0 Å². The van der Waals surface area contributed by atoms with Crippen molar-refractivity contribution in [2.45, 2.75) is 31.5 Å². The van der Waals surface area contributed by atoms with Crippen LogP contribution in [0.15, 0.2) is 0 Å². The van der Waals surface area contributed by atoms with Crippen LogP contribution < -0.4 is 0 Å². The topological polar surface area (TPSA) is 37.3 Å². The maximum atomic E-state index is 12.2. The van der Waals surface area contributed by atoms with Crippen LogP contribution in [-0.2, 0) is 4.79 Å². The van der Waals surface area contributed by atoms with Crippen molar-refractivity contribution < 1.29 is 23.1 Å². The van der Waals surface area contributed by atoms with E-state index in [4.69, 9.17) is 5.11 Å². The molecule has 0 aromatic heterocycles. The Morgan fingerprint density at radius 2 is 1.83 bits per heavy atom. The van der Waals surface area contributed by atoms with Crippen molar-refractivity contribution in [2.24, 2.45) is 5.92 Å². The number of ketones is 1. The molecule has 0 aliphatic heterocycles. The van der Waals surface area contributed by atoms with E-state index in [9.17, 15) is 18.0 Å². The molecule has 1 rings (SSSR count). The van der Waals surface area contributed by atoms with Gasteiger partial charge in [-0.2, -0.15) is 13.2 Å². The predicted molar refractivity (Wildman–Crippen MR) is 34.4 cm³/mol. The Kier molecular flexibility index (Phi) is 1.94. The Morgan fingerprint density at radius 1 is 1.42 bits per heavy atom. The van der Waals surface area contributed by atoms with Crippen molar-refractivity contribution in [3.05, 3.63) is 0 Å². The van der Waals surface area contributed by atoms with E-state index >= 15 is 0 Å². The van der Waals surface area contributed by atoms with E-state index in [-0.39, 0.29) is 12.8 Å². The fourth-order valence-corrected chi connectivity index (χ4v) is 1.22. The van der Waals surface area contributed by atoms with Crippen LogP contribution in [0.4, 0.5) is 13.2 Å². The SMILES string of the molecule is CC(=O)C(O)(C1CC1)C(F)(F)F. The third-order valence-corrected chi connectivity index (χ3v) is 2.14. The molecule has 0 bridgehead atoms. The van der Waals surface area contributed by atoms with Gasteiger partial charge in [-0.05, 0) is 19.8 Å². The van der Waals surface area contributed by atoms with Crippen molar-refractivity contribution in [3.63, 3.8) is 0 Å². The molecule has 1 aliphatic rings. The molecule has 5 heteroatoms. The lowest BCUT2D eigenvalue weighted by Gasteiger charge is -2.27. The summed E-state index contributed by atoms with van der Waals surface area (Å²) < 4.78 is 36.5. The summed E-state index contributed by atoms with van der Waals surface area (Å²) in [4.78, 5) is 10.6. The quantitative estimate of drug-likeness (QED) is 0.698. The summed E-state index contributed by atoms with van der Waals surface area (Å²) in [5.41, 5.74) is -3.09. The number of halogens is 3. The molecule has 0 saturated heterocycles. The Balaban J connectivity index is 2.93. The number of carbonyl (C=O) groups is 1. The van der Waals surface area contributed by atoms with Crippen molar-refractivity contribution in [1.29, 1.82) is 0 Å². The molecule has 1 N–H and O–H groups in total. The number of Topliss-reactive ketones (excluding diaryl/α,β-unsaturated/α-hetero) is 1. The molecule has 12 heavy (non-hydrogen) atoms. The van der Waals surface area contributed by atoms with Gasteiger partial charge in [0.2, 0.25) is 5.60 Å². The van der Waals surface area contributed by atoms with E-state index in [1.807, 2.05) is 0 Å². The summed E-state index contributed by atoms with van der Waals surface area (Å²) >= 11 is 0. The standard InChI is InChI=1S/C7H9F3O2/c1-4(11)6(12,5-2-3-5)7(8,9)10/h5,12H,2-3H2,1H3. The molecule has 0 heterocycles. The summed E-state index contributed by atoms with van der Waals surface area (Å²) in [6.45, 7) is 0.770. The number of aliphatic hydroxyl groups is 1. The minimum atomic E-state index is -4.83. The van der Waals surface area contributed by atoms with E-state index < -0.39 is 23.5 Å². The molecule has 70 valence electrons. The van der Waals surface area contributed by atoms with Gasteiger partial charge in [-0.3, -0.25) is 4.79 Å². The van der Waals surface area contributed by atoms with E-state index in [1.54, 1.807) is 0 Å². The van der Waals surface area contributed by atoms with Crippen LogP contribution in [0.1, 0.15) is 19.8 Å². The fraction of sp³-hybridized carbons (Fsp3) is 0.857. The highest BCUT2D eigenvalue weighted by Crippen LogP contribution is 2.48. The Bertz CT molecular complexity index is 207. The first-order valence-corrected chi connectivity index (χ1v) is 3.60. The number of hydrogen-bond donors (Lipinski definition) is 1. The minimum Gasteiger partial charge on any atom is -0.374 e. The minimum absolute atomic E-state index is 0.273. The molecule has 0 radical (unpaired) electrons. The van der Waals surface area contributed by atoms with Gasteiger partial charge in [0.1, 0.15) is 0 Å². The predicted octanol–water partition coefficient (Wildman–Crippen LogP) is 1.28. The van der Waals surface area contributed by atoms with Crippen LogP contribution in [0.5, 0.6) is 0 Å². The van der Waals surface area contributed by atoms with Gasteiger partial charge in [-0.15, -0.1) is 0 Å². The molecule has 0 amide bonds. The van der Waals surface area contributed by atoms with Gasteiger partial charge in [0.15, 0.2) is 5.78 Å². The average molecular weight is 182 g/mol. The molecule has 0 spiro atoms. The second kappa shape index (κ2) is 2.45. The van der Waals surface area contributed by atoms with Crippen molar-refractivity contribution in [3.8, 4) is 0 Å². The summed E-state index contributed by atoms with van der Waals surface area (Å²) in [6, 6.07) is 0. The van der Waals surface area contributed by atoms with Crippen molar-refractivity contribution in [1.82, 2.24) is 0 Å². The highest BCUT2D eigenvalue weighted by atomic mass is 19.4. The van der Waals surface area contributed by atoms with Crippen molar-refractivity contribution >= 4 is 5.78 Å². The van der Waals surface area contributed by atoms with E-state index in [1.165, 1.54) is 0 Å². The van der Waals surface area contributed by atoms with Gasteiger partial charge in [0.25, 0.3) is 0 Å². The molecule has 1 unspecified atom stereocenters. The van der Waals surface area contributed by atoms with E-state index in [2.05, 4.69) is 0 Å². The summed E-state index contributed by atoms with van der Waals surface area (Å²) in [5, 5.41) is 9.09. The molecular formula is C7H9F3O2. The summed E-state index contributed by atoms with van der Waals surface area (Å²) in [5.74, 6) is -2.13. The lowest BCUT2D eigenvalue weighted by Crippen LogP contribution is -2.52. The Morgan fingerprint density at radius 3 is 1.92 bits per heavy atom. The molecule has 0 aromatic rings. The first kappa shape index (κ1) is 9.51. The van der Waals surface area contributed by atoms with Gasteiger partial charge < -0.3 is 5.11 Å². The molecule has 2 nitrogen and oxygen atoms in total. The average Bonchev–Trinajstić information content (AvgIpc) is 2.63. The molecular weight excluding hydrogens is 173 g/mol. The number of rotatable bonds is 2. The summed E-state index contributed by atoms with van der Waals surface area (Å²) in [6.07, 6.45) is -4.29. The Labute approximate surface area is 67.4 Å². The first-order chi connectivity index (χ1) is 5.30. The van der Waals surface area contributed by atoms with Crippen molar-refractivity contribution in [2.75, 3.05) is 0 Å². The second-order valence-corrected chi connectivity index (χ2v) is 3.09. The first-order valence-electron chi connectivity index (χ1n) is 3.60. The van der Waals surface area contributed by atoms with Gasteiger partial charge in [0.05, 0.1) is 0 Å². The monoisotopic (exact) mass is 182 g/mol. The Hall–Kier alpha value is -0.580. The van der Waals surface area contributed by atoms with Crippen LogP contribution in [0.3, 0.4) is 0 Å². The number of alkyl halides is 3. The summed E-state index contributed by atoms with van der Waals surface area (Å²) in [7, 11) is 0. The van der Waals surface area contributed by atoms with Crippen LogP contribution in [0.25, 0.3) is 0 Å². The van der Waals surface area contributed by atoms with Gasteiger partial charge in [-0.1, -0.05) is 0 Å². The van der Waals surface area contributed by atoms with E-state index in [0.29, 0.717) is 0 Å². The highest BCUT2D eigenvalue weighted by molar-refractivity contribution is 5.86. The molecule has 1 saturated carbocycles. The molecule has 1 fully saturated rings. The van der Waals surface area contributed by atoms with Crippen LogP contribution in [0, 0.1) is 5.92 Å². The normalized spacial score (nSPS) is 23.4. The zero-order valence-electron chi connectivity index (χ0n) is 6.48. The maximum absolute atomic E-state index is 12.2. The van der Waals surface area contributed by atoms with Gasteiger partial charge >= 0.3 is 6.18 Å². The largest absolute Gasteiger partial charge is 0.424 e. The van der Waals surface area contributed by atoms with Gasteiger partial charge in [0, 0.05) is 5.92 Å². The molecule has 1 aliphatic carbocycles. The van der Waals surface area contributed by atoms with Crippen LogP contribution in [-0.4, -0.2) is 22.7 Å². The zero-order valence-corrected chi connectivity index (χ0v) is 6.48. The zero-order chi connectivity index (χ0) is 9.57.